The van der Waals surface area contributed by atoms with Crippen LogP contribution >= 0.6 is 0 Å². The van der Waals surface area contributed by atoms with Gasteiger partial charge < -0.3 is 19.9 Å². The van der Waals surface area contributed by atoms with Crippen LogP contribution in [0.15, 0.2) is 18.2 Å². The average Bonchev–Trinajstić information content (AvgIpc) is 2.71. The highest BCUT2D eigenvalue weighted by molar-refractivity contribution is 5.89. The first-order valence-corrected chi connectivity index (χ1v) is 9.65. The molecular formula is C19H26F2N4O3. The van der Waals surface area contributed by atoms with Crippen LogP contribution in [0.25, 0.3) is 0 Å². The normalized spacial score (nSPS) is 18.8. The molecule has 1 aromatic carbocycles. The Bertz CT molecular complexity index is 682. The summed E-state index contributed by atoms with van der Waals surface area (Å²) in [4.78, 5) is 29.7. The van der Waals surface area contributed by atoms with Crippen LogP contribution in [0, 0.1) is 11.6 Å². The minimum Gasteiger partial charge on any atom is -0.450 e. The fourth-order valence-electron chi connectivity index (χ4n) is 3.72. The molecule has 2 saturated heterocycles. The van der Waals surface area contributed by atoms with E-state index in [4.69, 9.17) is 4.74 Å². The maximum absolute atomic E-state index is 13.7. The number of nitrogens with one attached hydrogen (secondary N) is 1. The van der Waals surface area contributed by atoms with Gasteiger partial charge in [-0.3, -0.25) is 4.90 Å². The first-order chi connectivity index (χ1) is 13.5. The van der Waals surface area contributed by atoms with E-state index < -0.39 is 23.4 Å². The van der Waals surface area contributed by atoms with E-state index >= 15 is 0 Å². The lowest BCUT2D eigenvalue weighted by atomic mass is 10.0. The van der Waals surface area contributed by atoms with Crippen molar-refractivity contribution in [3.63, 3.8) is 0 Å². The van der Waals surface area contributed by atoms with Crippen LogP contribution in [0.1, 0.15) is 19.8 Å². The Morgan fingerprint density at radius 3 is 2.21 bits per heavy atom. The number of piperidine rings is 1. The Morgan fingerprint density at radius 2 is 1.64 bits per heavy atom. The highest BCUT2D eigenvalue weighted by atomic mass is 19.1. The van der Waals surface area contributed by atoms with Gasteiger partial charge in [0.2, 0.25) is 0 Å². The summed E-state index contributed by atoms with van der Waals surface area (Å²) in [5.41, 5.74) is -0.415. The van der Waals surface area contributed by atoms with E-state index in [0.717, 1.165) is 25.0 Å². The van der Waals surface area contributed by atoms with E-state index in [-0.39, 0.29) is 6.09 Å². The van der Waals surface area contributed by atoms with Crippen molar-refractivity contribution in [1.82, 2.24) is 14.7 Å². The van der Waals surface area contributed by atoms with Crippen molar-refractivity contribution in [3.8, 4) is 0 Å². The van der Waals surface area contributed by atoms with E-state index in [0.29, 0.717) is 51.9 Å². The zero-order chi connectivity index (χ0) is 20.1. The molecule has 9 heteroatoms. The largest absolute Gasteiger partial charge is 0.450 e. The van der Waals surface area contributed by atoms with Gasteiger partial charge in [0.15, 0.2) is 0 Å². The number of urea groups is 1. The van der Waals surface area contributed by atoms with Crippen LogP contribution in [-0.2, 0) is 4.74 Å². The van der Waals surface area contributed by atoms with E-state index in [9.17, 15) is 18.4 Å². The molecule has 154 valence electrons. The molecular weight excluding hydrogens is 370 g/mol. The summed E-state index contributed by atoms with van der Waals surface area (Å²) < 4.78 is 32.4. The summed E-state index contributed by atoms with van der Waals surface area (Å²) in [5, 5.41) is 2.33. The second-order valence-electron chi connectivity index (χ2n) is 6.97. The van der Waals surface area contributed by atoms with Crippen LogP contribution in [0.2, 0.25) is 0 Å². The van der Waals surface area contributed by atoms with Crippen molar-refractivity contribution >= 4 is 17.8 Å². The van der Waals surface area contributed by atoms with E-state index in [1.54, 1.807) is 16.7 Å². The SMILES string of the molecule is CCOC(=O)N1CCC(N2CCN(C(=O)Nc3c(F)cccc3F)CC2)CC1. The summed E-state index contributed by atoms with van der Waals surface area (Å²) >= 11 is 0. The number of nitrogens with zero attached hydrogens (tertiary/aromatic N) is 3. The quantitative estimate of drug-likeness (QED) is 0.853. The number of anilines is 1. The molecule has 0 atom stereocenters. The maximum Gasteiger partial charge on any atom is 0.409 e. The zero-order valence-corrected chi connectivity index (χ0v) is 16.0. The number of amides is 3. The lowest BCUT2D eigenvalue weighted by Gasteiger charge is -2.42. The van der Waals surface area contributed by atoms with Gasteiger partial charge in [0.05, 0.1) is 6.61 Å². The molecule has 3 amide bonds. The van der Waals surface area contributed by atoms with E-state index in [2.05, 4.69) is 10.2 Å². The molecule has 0 bridgehead atoms. The number of carbonyl (C=O) groups is 2. The second-order valence-corrected chi connectivity index (χ2v) is 6.97. The van der Waals surface area contributed by atoms with Crippen LogP contribution in [0.4, 0.5) is 24.1 Å². The first kappa shape index (κ1) is 20.3. The molecule has 28 heavy (non-hydrogen) atoms. The van der Waals surface area contributed by atoms with Crippen molar-refractivity contribution < 1.29 is 23.1 Å². The molecule has 1 N–H and O–H groups in total. The Labute approximate surface area is 163 Å². The minimum absolute atomic E-state index is 0.261. The molecule has 0 radical (unpaired) electrons. The van der Waals surface area contributed by atoms with Gasteiger partial charge in [-0.05, 0) is 31.9 Å². The van der Waals surface area contributed by atoms with Crippen LogP contribution < -0.4 is 5.32 Å². The molecule has 0 aromatic heterocycles. The molecule has 2 aliphatic rings. The van der Waals surface area contributed by atoms with E-state index in [1.165, 1.54) is 6.07 Å². The molecule has 3 rings (SSSR count). The molecule has 2 heterocycles. The first-order valence-electron chi connectivity index (χ1n) is 9.65. The van der Waals surface area contributed by atoms with Crippen molar-refractivity contribution in [1.29, 1.82) is 0 Å². The van der Waals surface area contributed by atoms with E-state index in [1.807, 2.05) is 0 Å². The van der Waals surface area contributed by atoms with Gasteiger partial charge in [-0.15, -0.1) is 0 Å². The van der Waals surface area contributed by atoms with Gasteiger partial charge >= 0.3 is 12.1 Å². The van der Waals surface area contributed by atoms with Crippen molar-refractivity contribution in [2.75, 3.05) is 51.2 Å². The number of hydrogen-bond donors (Lipinski definition) is 1. The Balaban J connectivity index is 1.46. The highest BCUT2D eigenvalue weighted by Crippen LogP contribution is 2.21. The number of halogens is 2. The molecule has 0 spiro atoms. The second kappa shape index (κ2) is 9.18. The van der Waals surface area contributed by atoms with Crippen molar-refractivity contribution in [3.05, 3.63) is 29.8 Å². The lowest BCUT2D eigenvalue weighted by molar-refractivity contribution is 0.0581. The summed E-state index contributed by atoms with van der Waals surface area (Å²) in [6.45, 7) is 5.85. The molecule has 0 aliphatic carbocycles. The Kier molecular flexibility index (Phi) is 6.66. The van der Waals surface area contributed by atoms with Gasteiger partial charge in [-0.25, -0.2) is 18.4 Å². The number of para-hydroxylation sites is 1. The summed E-state index contributed by atoms with van der Waals surface area (Å²) in [6.07, 6.45) is 1.47. The van der Waals surface area contributed by atoms with Gasteiger partial charge in [0.25, 0.3) is 0 Å². The van der Waals surface area contributed by atoms with Gasteiger partial charge in [-0.1, -0.05) is 6.07 Å². The third kappa shape index (κ3) is 4.70. The Morgan fingerprint density at radius 1 is 1.04 bits per heavy atom. The number of carbonyl (C=O) groups excluding carboxylic acids is 2. The van der Waals surface area contributed by atoms with Crippen molar-refractivity contribution in [2.45, 2.75) is 25.8 Å². The molecule has 0 unspecified atom stereocenters. The summed E-state index contributed by atoms with van der Waals surface area (Å²) in [5.74, 6) is -1.58. The van der Waals surface area contributed by atoms with Crippen LogP contribution in [-0.4, -0.2) is 78.7 Å². The lowest BCUT2D eigenvalue weighted by Crippen LogP contribution is -2.55. The minimum atomic E-state index is -0.791. The third-order valence-corrected chi connectivity index (χ3v) is 5.30. The average molecular weight is 396 g/mol. The topological polar surface area (TPSA) is 65.1 Å². The monoisotopic (exact) mass is 396 g/mol. The molecule has 0 saturated carbocycles. The molecule has 2 aliphatic heterocycles. The fourth-order valence-corrected chi connectivity index (χ4v) is 3.72. The maximum atomic E-state index is 13.7. The van der Waals surface area contributed by atoms with Crippen LogP contribution in [0.3, 0.4) is 0 Å². The number of ether oxygens (including phenoxy) is 1. The fraction of sp³-hybridized carbons (Fsp3) is 0.579. The molecule has 7 nitrogen and oxygen atoms in total. The van der Waals surface area contributed by atoms with Crippen molar-refractivity contribution in [2.24, 2.45) is 0 Å². The third-order valence-electron chi connectivity index (χ3n) is 5.30. The molecule has 1 aromatic rings. The number of likely N-dealkylation sites (tertiary alicyclic amines) is 1. The number of piperazine rings is 1. The van der Waals surface area contributed by atoms with Gasteiger partial charge in [-0.2, -0.15) is 0 Å². The number of benzene rings is 1. The van der Waals surface area contributed by atoms with Gasteiger partial charge in [0, 0.05) is 45.3 Å². The predicted octanol–water partition coefficient (Wildman–Crippen LogP) is 2.74. The summed E-state index contributed by atoms with van der Waals surface area (Å²) in [6, 6.07) is 3.34. The Hall–Kier alpha value is -2.42. The smallest absolute Gasteiger partial charge is 0.409 e. The highest BCUT2D eigenvalue weighted by Gasteiger charge is 2.30. The standard InChI is InChI=1S/C19H26F2N4O3/c1-2-28-19(27)25-8-6-14(7-9-25)23-10-12-24(13-11-23)18(26)22-17-15(20)4-3-5-16(17)21/h3-5,14H,2,6-13H2,1H3,(H,22,26). The molecule has 2 fully saturated rings. The summed E-state index contributed by atoms with van der Waals surface area (Å²) in [7, 11) is 0. The zero-order valence-electron chi connectivity index (χ0n) is 16.0. The van der Waals surface area contributed by atoms with Gasteiger partial charge in [0.1, 0.15) is 17.3 Å². The number of hydrogen-bond acceptors (Lipinski definition) is 4. The van der Waals surface area contributed by atoms with Crippen LogP contribution in [0.5, 0.6) is 0 Å². The number of rotatable bonds is 3. The predicted molar refractivity (Wildman–Crippen MR) is 100 cm³/mol.